The van der Waals surface area contributed by atoms with Crippen LogP contribution >= 0.6 is 0 Å². The fraction of sp³-hybridized carbons (Fsp3) is 0.423. The number of aromatic hydroxyl groups is 1. The maximum absolute atomic E-state index is 14.2. The van der Waals surface area contributed by atoms with E-state index in [0.29, 0.717) is 0 Å². The molecule has 0 bridgehead atoms. The molecule has 3 rings (SSSR count). The van der Waals surface area contributed by atoms with Gasteiger partial charge in [0.15, 0.2) is 0 Å². The third-order valence-electron chi connectivity index (χ3n) is 5.81. The summed E-state index contributed by atoms with van der Waals surface area (Å²) in [7, 11) is 1.33. The van der Waals surface area contributed by atoms with E-state index in [9.17, 15) is 23.1 Å². The summed E-state index contributed by atoms with van der Waals surface area (Å²) in [5, 5.41) is 10.6. The number of halogens is 3. The molecule has 0 aliphatic carbocycles. The van der Waals surface area contributed by atoms with Crippen molar-refractivity contribution < 1.29 is 27.4 Å². The van der Waals surface area contributed by atoms with Gasteiger partial charge in [0.1, 0.15) is 17.1 Å². The minimum atomic E-state index is -4.93. The molecular formula is C26H30F3NO4. The number of ether oxygens (including phenoxy) is 1. The van der Waals surface area contributed by atoms with E-state index in [4.69, 9.17) is 9.15 Å². The van der Waals surface area contributed by atoms with Crippen molar-refractivity contribution in [3.8, 4) is 22.6 Å². The number of nitrogens with zero attached hydrogens (tertiary/aromatic N) is 1. The number of fused-ring (bicyclic) bond motifs is 1. The van der Waals surface area contributed by atoms with Gasteiger partial charge in [-0.3, -0.25) is 9.69 Å². The first-order chi connectivity index (χ1) is 16.2. The topological polar surface area (TPSA) is 62.9 Å². The lowest BCUT2D eigenvalue weighted by atomic mass is 9.99. The highest BCUT2D eigenvalue weighted by Gasteiger charge is 2.40. The molecule has 5 nitrogen and oxygen atoms in total. The van der Waals surface area contributed by atoms with Gasteiger partial charge in [-0.25, -0.2) is 0 Å². The van der Waals surface area contributed by atoms with Gasteiger partial charge in [0, 0.05) is 12.1 Å². The minimum absolute atomic E-state index is 0.00452. The van der Waals surface area contributed by atoms with E-state index in [1.807, 2.05) is 0 Å². The van der Waals surface area contributed by atoms with Crippen LogP contribution in [0.15, 0.2) is 45.6 Å². The molecule has 0 spiro atoms. The van der Waals surface area contributed by atoms with E-state index in [0.717, 1.165) is 38.8 Å². The number of phenols is 1. The number of phenolic OH excluding ortho intramolecular Hbond substituents is 1. The van der Waals surface area contributed by atoms with Crippen molar-refractivity contribution in [1.29, 1.82) is 0 Å². The summed E-state index contributed by atoms with van der Waals surface area (Å²) in [4.78, 5) is 15.5. The molecule has 0 amide bonds. The van der Waals surface area contributed by atoms with Gasteiger partial charge in [-0.2, -0.15) is 13.2 Å². The second kappa shape index (κ2) is 11.0. The Morgan fingerprint density at radius 3 is 2.26 bits per heavy atom. The van der Waals surface area contributed by atoms with Crippen LogP contribution in [0.1, 0.15) is 50.9 Å². The number of alkyl halides is 3. The van der Waals surface area contributed by atoms with Crippen LogP contribution in [0, 0.1) is 0 Å². The Bertz CT molecular complexity index is 1180. The Balaban J connectivity index is 2.27. The van der Waals surface area contributed by atoms with Crippen molar-refractivity contribution in [2.24, 2.45) is 0 Å². The average molecular weight is 478 g/mol. The summed E-state index contributed by atoms with van der Waals surface area (Å²) < 4.78 is 53.1. The number of para-hydroxylation sites is 1. The number of rotatable bonds is 10. The van der Waals surface area contributed by atoms with Crippen LogP contribution < -0.4 is 10.2 Å². The molecule has 1 aromatic heterocycles. The quantitative estimate of drug-likeness (QED) is 0.357. The molecule has 8 heteroatoms. The molecule has 0 unspecified atom stereocenters. The molecule has 1 N–H and O–H groups in total. The first-order valence-electron chi connectivity index (χ1n) is 11.5. The number of hydrogen-bond donors (Lipinski definition) is 1. The van der Waals surface area contributed by atoms with E-state index >= 15 is 0 Å². The van der Waals surface area contributed by atoms with Gasteiger partial charge < -0.3 is 14.3 Å². The van der Waals surface area contributed by atoms with Gasteiger partial charge in [0.25, 0.3) is 0 Å². The highest BCUT2D eigenvalue weighted by molar-refractivity contribution is 5.87. The SMILES string of the molecule is CCCCN(CCCC)Cc1c(O)ccc2c(=O)c(-c3ccccc3OC)c(C(F)(F)F)oc12. The van der Waals surface area contributed by atoms with Crippen LogP contribution in [0.3, 0.4) is 0 Å². The van der Waals surface area contributed by atoms with Crippen LogP contribution in [-0.4, -0.2) is 30.2 Å². The Morgan fingerprint density at radius 1 is 1.03 bits per heavy atom. The maximum Gasteiger partial charge on any atom is 0.450 e. The van der Waals surface area contributed by atoms with Crippen molar-refractivity contribution in [1.82, 2.24) is 4.90 Å². The Kier molecular flexibility index (Phi) is 8.25. The van der Waals surface area contributed by atoms with E-state index in [-0.39, 0.29) is 40.1 Å². The van der Waals surface area contributed by atoms with Crippen LogP contribution in [0.5, 0.6) is 11.5 Å². The van der Waals surface area contributed by atoms with Gasteiger partial charge in [-0.05, 0) is 44.1 Å². The lowest BCUT2D eigenvalue weighted by Gasteiger charge is -2.23. The standard InChI is InChI=1S/C26H30F3NO4/c1-4-6-14-30(15-7-5-2)16-19-20(31)13-12-18-23(32)22(17-10-8-9-11-21(17)33-3)25(26(27,28)29)34-24(18)19/h8-13,31H,4-7,14-16H2,1-3H3. The highest BCUT2D eigenvalue weighted by atomic mass is 19.4. The second-order valence-corrected chi connectivity index (χ2v) is 8.26. The summed E-state index contributed by atoms with van der Waals surface area (Å²) >= 11 is 0. The molecule has 2 aromatic carbocycles. The first-order valence-corrected chi connectivity index (χ1v) is 11.5. The van der Waals surface area contributed by atoms with Gasteiger partial charge >= 0.3 is 6.18 Å². The number of hydrogen-bond acceptors (Lipinski definition) is 5. The molecule has 34 heavy (non-hydrogen) atoms. The molecule has 0 atom stereocenters. The molecule has 0 fully saturated rings. The third kappa shape index (κ3) is 5.38. The molecule has 0 radical (unpaired) electrons. The van der Waals surface area contributed by atoms with Crippen molar-refractivity contribution in [2.75, 3.05) is 20.2 Å². The van der Waals surface area contributed by atoms with Crippen LogP contribution in [-0.2, 0) is 12.7 Å². The number of benzene rings is 2. The predicted molar refractivity (Wildman–Crippen MR) is 126 cm³/mol. The second-order valence-electron chi connectivity index (χ2n) is 8.26. The molecule has 0 aliphatic heterocycles. The largest absolute Gasteiger partial charge is 0.507 e. The fourth-order valence-corrected chi connectivity index (χ4v) is 4.01. The summed E-state index contributed by atoms with van der Waals surface area (Å²) in [6.07, 6.45) is -1.20. The summed E-state index contributed by atoms with van der Waals surface area (Å²) in [6, 6.07) is 8.66. The van der Waals surface area contributed by atoms with Gasteiger partial charge in [-0.15, -0.1) is 0 Å². The van der Waals surface area contributed by atoms with Gasteiger partial charge in [0.2, 0.25) is 11.2 Å². The maximum atomic E-state index is 14.2. The van der Waals surface area contributed by atoms with Crippen molar-refractivity contribution in [3.63, 3.8) is 0 Å². The number of methoxy groups -OCH3 is 1. The normalized spacial score (nSPS) is 12.0. The van der Waals surface area contributed by atoms with Crippen molar-refractivity contribution in [3.05, 3.63) is 57.9 Å². The molecule has 0 saturated carbocycles. The molecule has 0 aliphatic rings. The Morgan fingerprint density at radius 2 is 1.68 bits per heavy atom. The smallest absolute Gasteiger partial charge is 0.450 e. The lowest BCUT2D eigenvalue weighted by Crippen LogP contribution is -2.26. The average Bonchev–Trinajstić information content (AvgIpc) is 2.81. The van der Waals surface area contributed by atoms with E-state index < -0.39 is 22.9 Å². The summed E-state index contributed by atoms with van der Waals surface area (Å²) in [6.45, 7) is 5.74. The van der Waals surface area contributed by atoms with Gasteiger partial charge in [0.05, 0.1) is 23.6 Å². The molecule has 1 heterocycles. The van der Waals surface area contributed by atoms with E-state index in [1.54, 1.807) is 6.07 Å². The first kappa shape index (κ1) is 25.6. The molecular weight excluding hydrogens is 447 g/mol. The fourth-order valence-electron chi connectivity index (χ4n) is 4.01. The monoisotopic (exact) mass is 477 g/mol. The lowest BCUT2D eigenvalue weighted by molar-refractivity contribution is -0.152. The minimum Gasteiger partial charge on any atom is -0.507 e. The summed E-state index contributed by atoms with van der Waals surface area (Å²) in [5.41, 5.74) is -1.50. The van der Waals surface area contributed by atoms with Crippen molar-refractivity contribution >= 4 is 11.0 Å². The zero-order chi connectivity index (χ0) is 24.9. The van der Waals surface area contributed by atoms with Crippen LogP contribution in [0.2, 0.25) is 0 Å². The Hall–Kier alpha value is -3.00. The van der Waals surface area contributed by atoms with Crippen LogP contribution in [0.4, 0.5) is 13.2 Å². The number of unbranched alkanes of at least 4 members (excludes halogenated alkanes) is 2. The van der Waals surface area contributed by atoms with Crippen LogP contribution in [0.25, 0.3) is 22.1 Å². The van der Waals surface area contributed by atoms with E-state index in [1.165, 1.54) is 37.4 Å². The third-order valence-corrected chi connectivity index (χ3v) is 5.81. The Labute approximate surface area is 196 Å². The zero-order valence-electron chi connectivity index (χ0n) is 19.7. The highest BCUT2D eigenvalue weighted by Crippen LogP contribution is 2.41. The van der Waals surface area contributed by atoms with Gasteiger partial charge in [-0.1, -0.05) is 44.9 Å². The zero-order valence-corrected chi connectivity index (χ0v) is 19.7. The molecule has 3 aromatic rings. The van der Waals surface area contributed by atoms with E-state index in [2.05, 4.69) is 18.7 Å². The molecule has 184 valence electrons. The predicted octanol–water partition coefficient (Wildman–Crippen LogP) is 6.60. The molecule has 0 saturated heterocycles. The summed E-state index contributed by atoms with van der Waals surface area (Å²) in [5.74, 6) is -1.48. The van der Waals surface area contributed by atoms with Crippen molar-refractivity contribution in [2.45, 2.75) is 52.3 Å².